The Morgan fingerprint density at radius 3 is 1.92 bits per heavy atom. The van der Waals surface area contributed by atoms with E-state index in [0.717, 1.165) is 6.07 Å². The summed E-state index contributed by atoms with van der Waals surface area (Å²) in [5, 5.41) is 101. The molecule has 2 saturated heterocycles. The summed E-state index contributed by atoms with van der Waals surface area (Å²) >= 11 is 0. The van der Waals surface area contributed by atoms with Crippen LogP contribution in [-0.4, -0.2) is 138 Å². The fourth-order valence-corrected chi connectivity index (χ4v) is 5.19. The molecule has 0 saturated carbocycles. The summed E-state index contributed by atoms with van der Waals surface area (Å²) in [6.45, 7) is -1.38. The van der Waals surface area contributed by atoms with Crippen LogP contribution in [0.2, 0.25) is 0 Å². The lowest BCUT2D eigenvalue weighted by molar-refractivity contribution is -0.278. The van der Waals surface area contributed by atoms with Crippen LogP contribution in [0.5, 0.6) is 23.0 Å². The molecule has 0 radical (unpaired) electrons. The lowest BCUT2D eigenvalue weighted by Crippen LogP contribution is -2.60. The van der Waals surface area contributed by atoms with Crippen LogP contribution in [0.15, 0.2) is 46.9 Å². The van der Waals surface area contributed by atoms with Gasteiger partial charge in [0.1, 0.15) is 78.1 Å². The van der Waals surface area contributed by atoms with Gasteiger partial charge in [0.2, 0.25) is 18.3 Å². The normalized spacial score (nSPS) is 30.1. The van der Waals surface area contributed by atoms with E-state index in [4.69, 9.17) is 33.2 Å². The number of carbonyl (C=O) groups excluding carboxylic acids is 1. The number of aromatic hydroxyl groups is 2. The number of phenolic OH excluding ortho intramolecular Hbond substituents is 2. The number of ether oxygens (including phenoxy) is 5. The lowest BCUT2D eigenvalue weighted by atomic mass is 9.99. The van der Waals surface area contributed by atoms with E-state index in [2.05, 4.69) is 0 Å². The summed E-state index contributed by atoms with van der Waals surface area (Å²) in [4.78, 5) is 22.7. The second-order valence-corrected chi connectivity index (χ2v) is 11.4. The van der Waals surface area contributed by atoms with Gasteiger partial charge in [-0.25, -0.2) is 4.42 Å². The molecule has 18 nitrogen and oxygen atoms in total. The van der Waals surface area contributed by atoms with Gasteiger partial charge < -0.3 is 74.7 Å². The zero-order valence-electron chi connectivity index (χ0n) is 25.4. The van der Waals surface area contributed by atoms with E-state index in [-0.39, 0.29) is 39.7 Å². The molecule has 266 valence electrons. The second-order valence-electron chi connectivity index (χ2n) is 11.4. The number of aliphatic hydroxyl groups excluding tert-OH is 7. The van der Waals surface area contributed by atoms with Gasteiger partial charge in [-0.2, -0.15) is 0 Å². The SMILES string of the molecule is O=C(O)CCC(=O)OC[C@H]1O[C@@H](Oc2cc3c(O[C@@H]4O[C@H](CO)[C@@H](O)[C@H](O)[C@H]4O)cc(O)cc3[o+]c2-c2ccc(O)cc2)[C@H](O)[C@@H](O)[C@@H]1O. The molecule has 18 heteroatoms. The number of carboxylic acid groups (broad SMARTS) is 1. The van der Waals surface area contributed by atoms with Crippen molar-refractivity contribution in [2.75, 3.05) is 13.2 Å². The van der Waals surface area contributed by atoms with Crippen molar-refractivity contribution in [3.63, 3.8) is 0 Å². The maximum Gasteiger partial charge on any atom is 0.402 e. The number of phenols is 2. The van der Waals surface area contributed by atoms with Gasteiger partial charge in [-0.15, -0.1) is 0 Å². The topological polar surface area (TPSA) is 294 Å². The Kier molecular flexibility index (Phi) is 11.0. The molecule has 0 amide bonds. The minimum absolute atomic E-state index is 0.0401. The number of hydrogen-bond donors (Lipinski definition) is 10. The van der Waals surface area contributed by atoms with Gasteiger partial charge in [0.25, 0.3) is 0 Å². The molecule has 10 N–H and O–H groups in total. The summed E-state index contributed by atoms with van der Waals surface area (Å²) in [6, 6.07) is 9.14. The number of aliphatic hydroxyl groups is 7. The van der Waals surface area contributed by atoms with Crippen LogP contribution in [0.4, 0.5) is 0 Å². The van der Waals surface area contributed by atoms with Crippen molar-refractivity contribution in [3.05, 3.63) is 42.5 Å². The highest BCUT2D eigenvalue weighted by Gasteiger charge is 2.47. The molecular weight excluding hydrogens is 660 g/mol. The van der Waals surface area contributed by atoms with E-state index in [9.17, 15) is 55.5 Å². The number of hydrogen-bond acceptors (Lipinski definition) is 16. The molecule has 2 aromatic carbocycles. The lowest BCUT2D eigenvalue weighted by Gasteiger charge is -2.39. The average Bonchev–Trinajstić information content (AvgIpc) is 3.07. The molecule has 3 heterocycles. The number of carboxylic acids is 1. The van der Waals surface area contributed by atoms with Crippen LogP contribution in [0, 0.1) is 0 Å². The third-order valence-electron chi connectivity index (χ3n) is 7.88. The van der Waals surface area contributed by atoms with E-state index in [0.29, 0.717) is 5.56 Å². The first-order chi connectivity index (χ1) is 23.3. The van der Waals surface area contributed by atoms with Crippen LogP contribution in [0.3, 0.4) is 0 Å². The van der Waals surface area contributed by atoms with E-state index in [1.165, 1.54) is 36.4 Å². The van der Waals surface area contributed by atoms with Gasteiger partial charge in [0.05, 0.1) is 31.1 Å². The molecule has 2 fully saturated rings. The predicted octanol–water partition coefficient (Wildman–Crippen LogP) is -1.43. The number of fused-ring (bicyclic) bond motifs is 1. The quantitative estimate of drug-likeness (QED) is 0.0812. The number of carbonyl (C=O) groups is 2. The van der Waals surface area contributed by atoms with Crippen LogP contribution in [0.25, 0.3) is 22.3 Å². The van der Waals surface area contributed by atoms with Gasteiger partial charge in [-0.05, 0) is 24.3 Å². The first-order valence-corrected chi connectivity index (χ1v) is 14.9. The standard InChI is InChI=1S/C31H34O18/c32-10-19-23(38)25(40)27(42)30(48-19)46-17-8-14(34)7-16-15(17)9-18(29(45-16)12-1-3-13(33)4-2-12)47-31-28(43)26(41)24(39)20(49-31)11-44-22(37)6-5-21(35)36/h1-4,7-9,19-20,23-28,30-32,38-43H,5-6,10-11H2,(H2-,33,34,35,36)/p+1/t19-,20-,23-,24-,25+,26+,27-,28-,30-,31-/m1/s1. The average molecular weight is 696 g/mol. The Labute approximate surface area is 276 Å². The molecular formula is C31H35O18+. The Morgan fingerprint density at radius 2 is 1.31 bits per heavy atom. The fourth-order valence-electron chi connectivity index (χ4n) is 5.19. The van der Waals surface area contributed by atoms with Crippen molar-refractivity contribution in [2.24, 2.45) is 0 Å². The van der Waals surface area contributed by atoms with Crippen LogP contribution in [0.1, 0.15) is 12.8 Å². The zero-order chi connectivity index (χ0) is 35.6. The van der Waals surface area contributed by atoms with Gasteiger partial charge in [0, 0.05) is 12.1 Å². The molecule has 0 bridgehead atoms. The number of rotatable bonds is 11. The minimum atomic E-state index is -1.89. The Balaban J connectivity index is 1.50. The molecule has 0 aliphatic carbocycles. The van der Waals surface area contributed by atoms with E-state index in [1.807, 2.05) is 0 Å². The minimum Gasteiger partial charge on any atom is -0.508 e. The third-order valence-corrected chi connectivity index (χ3v) is 7.88. The predicted molar refractivity (Wildman–Crippen MR) is 159 cm³/mol. The number of benzene rings is 2. The monoisotopic (exact) mass is 695 g/mol. The van der Waals surface area contributed by atoms with Crippen molar-refractivity contribution in [2.45, 2.75) is 74.3 Å². The van der Waals surface area contributed by atoms with Gasteiger partial charge in [0.15, 0.2) is 0 Å². The Bertz CT molecular complexity index is 1630. The van der Waals surface area contributed by atoms with Crippen molar-refractivity contribution in [1.82, 2.24) is 0 Å². The third kappa shape index (κ3) is 7.93. The summed E-state index contributed by atoms with van der Waals surface area (Å²) in [6.07, 6.45) is -17.9. The molecule has 5 rings (SSSR count). The first kappa shape index (κ1) is 35.9. The maximum atomic E-state index is 12.0. The summed E-state index contributed by atoms with van der Waals surface area (Å²) in [5.41, 5.74) is 0.256. The van der Waals surface area contributed by atoms with Crippen LogP contribution in [-0.2, 0) is 23.8 Å². The van der Waals surface area contributed by atoms with E-state index < -0.39 is 99.4 Å². The van der Waals surface area contributed by atoms with Crippen LogP contribution >= 0.6 is 0 Å². The molecule has 1 aromatic heterocycles. The highest BCUT2D eigenvalue weighted by atomic mass is 16.7. The van der Waals surface area contributed by atoms with Crippen molar-refractivity contribution < 1.29 is 88.8 Å². The number of esters is 1. The molecule has 49 heavy (non-hydrogen) atoms. The molecule has 2 aliphatic rings. The maximum absolute atomic E-state index is 12.0. The van der Waals surface area contributed by atoms with Crippen molar-refractivity contribution >= 4 is 22.9 Å². The van der Waals surface area contributed by atoms with Crippen LogP contribution < -0.4 is 9.47 Å². The second kappa shape index (κ2) is 15.0. The Hall–Kier alpha value is -4.37. The fraction of sp³-hybridized carbons (Fsp3) is 0.452. The highest BCUT2D eigenvalue weighted by molar-refractivity contribution is 5.88. The van der Waals surface area contributed by atoms with Crippen molar-refractivity contribution in [3.8, 4) is 34.3 Å². The number of aliphatic carboxylic acids is 1. The van der Waals surface area contributed by atoms with Gasteiger partial charge >= 0.3 is 23.3 Å². The van der Waals surface area contributed by atoms with Gasteiger partial charge in [-0.3, -0.25) is 9.59 Å². The molecule has 10 atom stereocenters. The smallest absolute Gasteiger partial charge is 0.402 e. The van der Waals surface area contributed by atoms with E-state index >= 15 is 0 Å². The van der Waals surface area contributed by atoms with E-state index in [1.54, 1.807) is 0 Å². The van der Waals surface area contributed by atoms with Gasteiger partial charge in [-0.1, -0.05) is 0 Å². The summed E-state index contributed by atoms with van der Waals surface area (Å²) in [5.74, 6) is -3.11. The molecule has 0 spiro atoms. The highest BCUT2D eigenvalue weighted by Crippen LogP contribution is 2.42. The summed E-state index contributed by atoms with van der Waals surface area (Å²) < 4.78 is 33.9. The largest absolute Gasteiger partial charge is 0.508 e. The summed E-state index contributed by atoms with van der Waals surface area (Å²) in [7, 11) is 0. The van der Waals surface area contributed by atoms with Crippen molar-refractivity contribution in [1.29, 1.82) is 0 Å². The molecule has 3 aromatic rings. The molecule has 0 unspecified atom stereocenters. The first-order valence-electron chi connectivity index (χ1n) is 14.9. The zero-order valence-corrected chi connectivity index (χ0v) is 25.4. The molecule has 2 aliphatic heterocycles. The Morgan fingerprint density at radius 1 is 0.714 bits per heavy atom.